The second-order valence-electron chi connectivity index (χ2n) is 4.05. The molecule has 1 aromatic rings. The average molecular weight is 265 g/mol. The van der Waals surface area contributed by atoms with E-state index < -0.39 is 12.0 Å². The first-order chi connectivity index (χ1) is 8.99. The van der Waals surface area contributed by atoms with E-state index in [-0.39, 0.29) is 5.91 Å². The van der Waals surface area contributed by atoms with Crippen molar-refractivity contribution in [3.63, 3.8) is 0 Å². The van der Waals surface area contributed by atoms with Gasteiger partial charge in [-0.25, -0.2) is 4.79 Å². The predicted molar refractivity (Wildman–Crippen MR) is 74.0 cm³/mol. The predicted octanol–water partition coefficient (Wildman–Crippen LogP) is 0.992. The summed E-state index contributed by atoms with van der Waals surface area (Å²) < 4.78 is 4.60. The number of esters is 1. The molecule has 0 spiro atoms. The minimum Gasteiger partial charge on any atom is -0.465 e. The molecule has 0 aliphatic carbocycles. The van der Waals surface area contributed by atoms with Gasteiger partial charge in [-0.15, -0.1) is 0 Å². The smallest absolute Gasteiger partial charge is 0.337 e. The fraction of sp³-hybridized carbons (Fsp3) is 0.385. The molecule has 0 radical (unpaired) electrons. The lowest BCUT2D eigenvalue weighted by atomic mass is 10.1. The Balaban J connectivity index is 2.80. The number of nitrogens with one attached hydrogen (secondary N) is 2. The Labute approximate surface area is 112 Å². The van der Waals surface area contributed by atoms with E-state index in [9.17, 15) is 9.59 Å². The standard InChI is InChI=1S/C13H19N3O3/c1-4-15-12(17)8(2)16-11-6-5-9(7-10(11)14)13(18)19-3/h5-8,16H,4,14H2,1-3H3,(H,15,17). The van der Waals surface area contributed by atoms with Gasteiger partial charge in [-0.3, -0.25) is 4.79 Å². The monoisotopic (exact) mass is 265 g/mol. The number of ether oxygens (including phenoxy) is 1. The molecule has 1 atom stereocenters. The molecule has 0 bridgehead atoms. The summed E-state index contributed by atoms with van der Waals surface area (Å²) in [5.74, 6) is -0.561. The average Bonchev–Trinajstić information content (AvgIpc) is 2.40. The number of nitrogen functional groups attached to an aromatic ring is 1. The van der Waals surface area contributed by atoms with Crippen LogP contribution < -0.4 is 16.4 Å². The third-order valence-corrected chi connectivity index (χ3v) is 2.59. The normalized spacial score (nSPS) is 11.5. The number of nitrogens with two attached hydrogens (primary N) is 1. The van der Waals surface area contributed by atoms with E-state index in [2.05, 4.69) is 15.4 Å². The molecular weight excluding hydrogens is 246 g/mol. The summed E-state index contributed by atoms with van der Waals surface area (Å²) in [7, 11) is 1.31. The highest BCUT2D eigenvalue weighted by atomic mass is 16.5. The first kappa shape index (κ1) is 14.8. The molecule has 104 valence electrons. The molecule has 6 heteroatoms. The lowest BCUT2D eigenvalue weighted by molar-refractivity contribution is -0.121. The van der Waals surface area contributed by atoms with Gasteiger partial charge in [0.25, 0.3) is 0 Å². The number of carbonyl (C=O) groups excluding carboxylic acids is 2. The highest BCUT2D eigenvalue weighted by Crippen LogP contribution is 2.21. The van der Waals surface area contributed by atoms with E-state index in [1.165, 1.54) is 13.2 Å². The zero-order valence-electron chi connectivity index (χ0n) is 11.3. The van der Waals surface area contributed by atoms with Crippen LogP contribution in [0.15, 0.2) is 18.2 Å². The fourth-order valence-corrected chi connectivity index (χ4v) is 1.57. The summed E-state index contributed by atoms with van der Waals surface area (Å²) in [5.41, 5.74) is 7.20. The second kappa shape index (κ2) is 6.63. The summed E-state index contributed by atoms with van der Waals surface area (Å²) in [6, 6.07) is 4.34. The Morgan fingerprint density at radius 2 is 2.11 bits per heavy atom. The number of methoxy groups -OCH3 is 1. The lowest BCUT2D eigenvalue weighted by Crippen LogP contribution is -2.37. The summed E-state index contributed by atoms with van der Waals surface area (Å²) in [4.78, 5) is 22.9. The summed E-state index contributed by atoms with van der Waals surface area (Å²) >= 11 is 0. The van der Waals surface area contributed by atoms with Crippen LogP contribution in [0.1, 0.15) is 24.2 Å². The Kier molecular flexibility index (Phi) is 5.17. The summed E-state index contributed by atoms with van der Waals surface area (Å²) in [6.45, 7) is 4.16. The van der Waals surface area contributed by atoms with Crippen LogP contribution in [0.4, 0.5) is 11.4 Å². The van der Waals surface area contributed by atoms with Crippen molar-refractivity contribution in [3.8, 4) is 0 Å². The van der Waals surface area contributed by atoms with Gasteiger partial charge in [0.05, 0.1) is 24.0 Å². The number of hydrogen-bond acceptors (Lipinski definition) is 5. The van der Waals surface area contributed by atoms with Crippen LogP contribution in [0.2, 0.25) is 0 Å². The fourth-order valence-electron chi connectivity index (χ4n) is 1.57. The molecule has 0 aliphatic heterocycles. The first-order valence-electron chi connectivity index (χ1n) is 6.01. The van der Waals surface area contributed by atoms with E-state index in [0.717, 1.165) is 0 Å². The zero-order chi connectivity index (χ0) is 14.4. The molecule has 1 rings (SSSR count). The van der Waals surface area contributed by atoms with Crippen molar-refractivity contribution >= 4 is 23.3 Å². The minimum absolute atomic E-state index is 0.112. The molecule has 6 nitrogen and oxygen atoms in total. The maximum atomic E-state index is 11.6. The second-order valence-corrected chi connectivity index (χ2v) is 4.05. The van der Waals surface area contributed by atoms with Gasteiger partial charge in [-0.2, -0.15) is 0 Å². The van der Waals surface area contributed by atoms with Gasteiger partial charge in [0, 0.05) is 6.54 Å². The van der Waals surface area contributed by atoms with Crippen LogP contribution >= 0.6 is 0 Å². The lowest BCUT2D eigenvalue weighted by Gasteiger charge is -2.16. The SMILES string of the molecule is CCNC(=O)C(C)Nc1ccc(C(=O)OC)cc1N. The zero-order valence-corrected chi connectivity index (χ0v) is 11.3. The Morgan fingerprint density at radius 1 is 1.42 bits per heavy atom. The largest absolute Gasteiger partial charge is 0.465 e. The molecule has 0 heterocycles. The molecule has 1 amide bonds. The van der Waals surface area contributed by atoms with Crippen molar-refractivity contribution in [2.75, 3.05) is 24.7 Å². The highest BCUT2D eigenvalue weighted by molar-refractivity contribution is 5.92. The van der Waals surface area contributed by atoms with Gasteiger partial charge in [0.15, 0.2) is 0 Å². The number of hydrogen-bond donors (Lipinski definition) is 3. The van der Waals surface area contributed by atoms with E-state index in [1.807, 2.05) is 6.92 Å². The summed E-state index contributed by atoms with van der Waals surface area (Å²) in [6.07, 6.45) is 0. The molecule has 4 N–H and O–H groups in total. The van der Waals surface area contributed by atoms with Crippen molar-refractivity contribution in [3.05, 3.63) is 23.8 Å². The molecule has 1 unspecified atom stereocenters. The van der Waals surface area contributed by atoms with Crippen molar-refractivity contribution < 1.29 is 14.3 Å². The number of anilines is 2. The molecule has 19 heavy (non-hydrogen) atoms. The molecule has 0 saturated carbocycles. The number of amides is 1. The van der Waals surface area contributed by atoms with Crippen LogP contribution in [-0.2, 0) is 9.53 Å². The third-order valence-electron chi connectivity index (χ3n) is 2.59. The number of benzene rings is 1. The van der Waals surface area contributed by atoms with E-state index in [1.54, 1.807) is 19.1 Å². The summed E-state index contributed by atoms with van der Waals surface area (Å²) in [5, 5.41) is 5.70. The number of carbonyl (C=O) groups is 2. The maximum Gasteiger partial charge on any atom is 0.337 e. The van der Waals surface area contributed by atoms with Gasteiger partial charge >= 0.3 is 5.97 Å². The van der Waals surface area contributed by atoms with Crippen LogP contribution in [0.25, 0.3) is 0 Å². The van der Waals surface area contributed by atoms with Crippen molar-refractivity contribution in [2.24, 2.45) is 0 Å². The molecule has 0 aromatic heterocycles. The van der Waals surface area contributed by atoms with Crippen LogP contribution in [0.5, 0.6) is 0 Å². The molecule has 0 aliphatic rings. The number of likely N-dealkylation sites (N-methyl/N-ethyl adjacent to an activating group) is 1. The van der Waals surface area contributed by atoms with Crippen molar-refractivity contribution in [1.29, 1.82) is 0 Å². The van der Waals surface area contributed by atoms with E-state index >= 15 is 0 Å². The van der Waals surface area contributed by atoms with E-state index in [0.29, 0.717) is 23.5 Å². The molecular formula is C13H19N3O3. The molecule has 1 aromatic carbocycles. The van der Waals surface area contributed by atoms with Crippen LogP contribution in [0.3, 0.4) is 0 Å². The molecule has 0 saturated heterocycles. The Bertz CT molecular complexity index is 474. The Morgan fingerprint density at radius 3 is 2.63 bits per heavy atom. The van der Waals surface area contributed by atoms with Gasteiger partial charge in [-0.1, -0.05) is 0 Å². The van der Waals surface area contributed by atoms with E-state index in [4.69, 9.17) is 5.73 Å². The first-order valence-corrected chi connectivity index (χ1v) is 6.01. The maximum absolute atomic E-state index is 11.6. The van der Waals surface area contributed by atoms with Gasteiger partial charge < -0.3 is 21.1 Å². The van der Waals surface area contributed by atoms with Crippen LogP contribution in [0, 0.1) is 0 Å². The Hall–Kier alpha value is -2.24. The highest BCUT2D eigenvalue weighted by Gasteiger charge is 2.14. The quantitative estimate of drug-likeness (QED) is 0.545. The van der Waals surface area contributed by atoms with Crippen molar-refractivity contribution in [2.45, 2.75) is 19.9 Å². The van der Waals surface area contributed by atoms with Gasteiger partial charge in [0.1, 0.15) is 6.04 Å². The van der Waals surface area contributed by atoms with Crippen LogP contribution in [-0.4, -0.2) is 31.6 Å². The third kappa shape index (κ3) is 3.87. The van der Waals surface area contributed by atoms with Gasteiger partial charge in [0.2, 0.25) is 5.91 Å². The molecule has 0 fully saturated rings. The van der Waals surface area contributed by atoms with Gasteiger partial charge in [-0.05, 0) is 32.0 Å². The topological polar surface area (TPSA) is 93.5 Å². The minimum atomic E-state index is -0.449. The number of rotatable bonds is 5. The van der Waals surface area contributed by atoms with Crippen molar-refractivity contribution in [1.82, 2.24) is 5.32 Å².